The van der Waals surface area contributed by atoms with Crippen molar-refractivity contribution in [1.29, 1.82) is 0 Å². The molecule has 130 valence electrons. The van der Waals surface area contributed by atoms with Crippen LogP contribution in [0.5, 0.6) is 5.88 Å². The number of methoxy groups -OCH3 is 1. The number of hydrogen-bond acceptors (Lipinski definition) is 5. The molecule has 0 radical (unpaired) electrons. The number of primary amides is 1. The standard InChI is InChI=1S/C14H20N4O3.2ClH/c1-21-14-11(13(15)20)6-10(8-17-14)18-12(19)3-2-9-4-5-16-7-9;;/h6,8-9,16H,2-5,7H2,1H3,(H2,15,20)(H,18,19);2*1H. The highest BCUT2D eigenvalue weighted by molar-refractivity contribution is 5.97. The summed E-state index contributed by atoms with van der Waals surface area (Å²) in [5.74, 6) is -0.0276. The zero-order chi connectivity index (χ0) is 15.2. The molecule has 0 saturated carbocycles. The molecule has 0 aliphatic carbocycles. The number of halogens is 2. The van der Waals surface area contributed by atoms with Crippen LogP contribution in [-0.2, 0) is 4.79 Å². The molecule has 0 bridgehead atoms. The average Bonchev–Trinajstić information content (AvgIpc) is 2.98. The highest BCUT2D eigenvalue weighted by atomic mass is 35.5. The maximum Gasteiger partial charge on any atom is 0.254 e. The third kappa shape index (κ3) is 6.21. The molecule has 1 saturated heterocycles. The molecule has 2 rings (SSSR count). The van der Waals surface area contributed by atoms with E-state index < -0.39 is 5.91 Å². The lowest BCUT2D eigenvalue weighted by atomic mass is 10.0. The van der Waals surface area contributed by atoms with Crippen LogP contribution in [0.4, 0.5) is 5.69 Å². The van der Waals surface area contributed by atoms with Gasteiger partial charge in [0.2, 0.25) is 11.8 Å². The first kappa shape index (κ1) is 21.4. The number of carbonyl (C=O) groups is 2. The first-order valence-corrected chi connectivity index (χ1v) is 6.94. The molecule has 23 heavy (non-hydrogen) atoms. The normalized spacial score (nSPS) is 16.0. The van der Waals surface area contributed by atoms with Crippen molar-refractivity contribution in [2.75, 3.05) is 25.5 Å². The molecule has 1 aliphatic heterocycles. The van der Waals surface area contributed by atoms with Gasteiger partial charge in [-0.15, -0.1) is 24.8 Å². The first-order chi connectivity index (χ1) is 10.1. The van der Waals surface area contributed by atoms with E-state index in [1.807, 2.05) is 0 Å². The number of rotatable bonds is 6. The molecule has 1 aromatic heterocycles. The Morgan fingerprint density at radius 3 is 2.78 bits per heavy atom. The fraction of sp³-hybridized carbons (Fsp3) is 0.500. The second-order valence-corrected chi connectivity index (χ2v) is 5.09. The Morgan fingerprint density at radius 2 is 2.22 bits per heavy atom. The van der Waals surface area contributed by atoms with E-state index in [1.54, 1.807) is 0 Å². The highest BCUT2D eigenvalue weighted by Crippen LogP contribution is 2.19. The molecule has 0 aromatic carbocycles. The van der Waals surface area contributed by atoms with E-state index in [0.29, 0.717) is 18.0 Å². The maximum atomic E-state index is 11.9. The van der Waals surface area contributed by atoms with Gasteiger partial charge < -0.3 is 21.1 Å². The van der Waals surface area contributed by atoms with E-state index in [9.17, 15) is 9.59 Å². The van der Waals surface area contributed by atoms with Crippen LogP contribution in [0.3, 0.4) is 0 Å². The minimum absolute atomic E-state index is 0. The van der Waals surface area contributed by atoms with E-state index in [1.165, 1.54) is 19.4 Å². The third-order valence-electron chi connectivity index (χ3n) is 3.54. The van der Waals surface area contributed by atoms with Crippen LogP contribution in [-0.4, -0.2) is 37.0 Å². The van der Waals surface area contributed by atoms with Gasteiger partial charge in [-0.3, -0.25) is 9.59 Å². The molecular formula is C14H22Cl2N4O3. The molecular weight excluding hydrogens is 343 g/mol. The summed E-state index contributed by atoms with van der Waals surface area (Å²) in [5.41, 5.74) is 5.84. The quantitative estimate of drug-likeness (QED) is 0.706. The summed E-state index contributed by atoms with van der Waals surface area (Å²) < 4.78 is 4.95. The molecule has 2 heterocycles. The lowest BCUT2D eigenvalue weighted by Crippen LogP contribution is -2.17. The molecule has 9 heteroatoms. The molecule has 1 fully saturated rings. The van der Waals surface area contributed by atoms with Gasteiger partial charge in [-0.05, 0) is 37.9 Å². The smallest absolute Gasteiger partial charge is 0.254 e. The van der Waals surface area contributed by atoms with Crippen molar-refractivity contribution in [1.82, 2.24) is 10.3 Å². The van der Waals surface area contributed by atoms with Crippen molar-refractivity contribution in [3.8, 4) is 5.88 Å². The summed E-state index contributed by atoms with van der Waals surface area (Å²) >= 11 is 0. The topological polar surface area (TPSA) is 106 Å². The Balaban J connectivity index is 0.00000242. The molecule has 1 aliphatic rings. The van der Waals surface area contributed by atoms with Crippen molar-refractivity contribution in [2.24, 2.45) is 11.7 Å². The van der Waals surface area contributed by atoms with Gasteiger partial charge >= 0.3 is 0 Å². The van der Waals surface area contributed by atoms with Gasteiger partial charge in [0.25, 0.3) is 5.91 Å². The van der Waals surface area contributed by atoms with E-state index in [-0.39, 0.29) is 42.2 Å². The number of nitrogens with one attached hydrogen (secondary N) is 2. The number of ether oxygens (including phenoxy) is 1. The van der Waals surface area contributed by atoms with E-state index >= 15 is 0 Å². The molecule has 7 nitrogen and oxygen atoms in total. The second-order valence-electron chi connectivity index (χ2n) is 5.09. The third-order valence-corrected chi connectivity index (χ3v) is 3.54. The molecule has 1 atom stereocenters. The van der Waals surface area contributed by atoms with Gasteiger partial charge in [0.1, 0.15) is 5.56 Å². The molecule has 2 amide bonds. The number of hydrogen-bond donors (Lipinski definition) is 3. The van der Waals surface area contributed by atoms with Gasteiger partial charge in [0, 0.05) is 6.42 Å². The molecule has 4 N–H and O–H groups in total. The maximum absolute atomic E-state index is 11.9. The summed E-state index contributed by atoms with van der Waals surface area (Å²) in [5, 5.41) is 6.00. The summed E-state index contributed by atoms with van der Waals surface area (Å²) in [4.78, 5) is 27.2. The number of anilines is 1. The monoisotopic (exact) mass is 364 g/mol. The van der Waals surface area contributed by atoms with Crippen LogP contribution in [0.1, 0.15) is 29.6 Å². The van der Waals surface area contributed by atoms with Gasteiger partial charge in [0.15, 0.2) is 0 Å². The van der Waals surface area contributed by atoms with Gasteiger partial charge in [-0.1, -0.05) is 0 Å². The van der Waals surface area contributed by atoms with Crippen molar-refractivity contribution in [3.05, 3.63) is 17.8 Å². The van der Waals surface area contributed by atoms with Crippen molar-refractivity contribution >= 4 is 42.3 Å². The summed E-state index contributed by atoms with van der Waals surface area (Å²) in [7, 11) is 1.41. The Morgan fingerprint density at radius 1 is 1.48 bits per heavy atom. The minimum Gasteiger partial charge on any atom is -0.480 e. The van der Waals surface area contributed by atoms with Crippen molar-refractivity contribution < 1.29 is 14.3 Å². The molecule has 1 aromatic rings. The van der Waals surface area contributed by atoms with Crippen LogP contribution in [0.15, 0.2) is 12.3 Å². The predicted octanol–water partition coefficient (Wildman–Crippen LogP) is 1.36. The lowest BCUT2D eigenvalue weighted by molar-refractivity contribution is -0.116. The SMILES string of the molecule is COc1ncc(NC(=O)CCC2CCNC2)cc1C(N)=O.Cl.Cl. The van der Waals surface area contributed by atoms with Gasteiger partial charge in [-0.25, -0.2) is 4.98 Å². The van der Waals surface area contributed by atoms with E-state index in [0.717, 1.165) is 25.9 Å². The van der Waals surface area contributed by atoms with Gasteiger partial charge in [0.05, 0.1) is 19.0 Å². The number of nitrogens with zero attached hydrogens (tertiary/aromatic N) is 1. The molecule has 0 spiro atoms. The number of aromatic nitrogens is 1. The Labute approximate surface area is 147 Å². The van der Waals surface area contributed by atoms with Crippen LogP contribution >= 0.6 is 24.8 Å². The van der Waals surface area contributed by atoms with Gasteiger partial charge in [-0.2, -0.15) is 0 Å². The summed E-state index contributed by atoms with van der Waals surface area (Å²) in [6.45, 7) is 2.00. The number of carbonyl (C=O) groups excluding carboxylic acids is 2. The number of pyridine rings is 1. The highest BCUT2D eigenvalue weighted by Gasteiger charge is 2.16. The average molecular weight is 365 g/mol. The summed E-state index contributed by atoms with van der Waals surface area (Å²) in [6.07, 6.45) is 3.86. The summed E-state index contributed by atoms with van der Waals surface area (Å²) in [6, 6.07) is 1.48. The van der Waals surface area contributed by atoms with Crippen molar-refractivity contribution in [3.63, 3.8) is 0 Å². The number of nitrogens with two attached hydrogens (primary N) is 1. The lowest BCUT2D eigenvalue weighted by Gasteiger charge is -2.10. The largest absolute Gasteiger partial charge is 0.480 e. The van der Waals surface area contributed by atoms with Crippen LogP contribution in [0, 0.1) is 5.92 Å². The predicted molar refractivity (Wildman–Crippen MR) is 92.6 cm³/mol. The fourth-order valence-electron chi connectivity index (χ4n) is 2.38. The fourth-order valence-corrected chi connectivity index (χ4v) is 2.38. The van der Waals surface area contributed by atoms with Crippen LogP contribution in [0.2, 0.25) is 0 Å². The first-order valence-electron chi connectivity index (χ1n) is 6.94. The zero-order valence-electron chi connectivity index (χ0n) is 12.8. The Hall–Kier alpha value is -1.57. The Kier molecular flexibility index (Phi) is 9.55. The second kappa shape index (κ2) is 10.3. The van der Waals surface area contributed by atoms with Crippen molar-refractivity contribution in [2.45, 2.75) is 19.3 Å². The molecule has 1 unspecified atom stereocenters. The zero-order valence-corrected chi connectivity index (χ0v) is 14.5. The van der Waals surface area contributed by atoms with E-state index in [2.05, 4.69) is 15.6 Å². The van der Waals surface area contributed by atoms with Crippen LogP contribution in [0.25, 0.3) is 0 Å². The Bertz CT molecular complexity index is 537. The van der Waals surface area contributed by atoms with Crippen LogP contribution < -0.4 is 21.1 Å². The van der Waals surface area contributed by atoms with E-state index in [4.69, 9.17) is 10.5 Å². The minimum atomic E-state index is -0.646. The number of amides is 2.